The topological polar surface area (TPSA) is 41.9 Å². The molecule has 3 heterocycles. The van der Waals surface area contributed by atoms with E-state index in [9.17, 15) is 0 Å². The van der Waals surface area contributed by atoms with Crippen molar-refractivity contribution in [3.8, 4) is 11.5 Å². The van der Waals surface area contributed by atoms with Crippen LogP contribution in [-0.4, -0.2) is 28.0 Å². The summed E-state index contributed by atoms with van der Waals surface area (Å²) in [5.74, 6) is 3.21. The molecule has 0 spiro atoms. The fourth-order valence-electron chi connectivity index (χ4n) is 5.26. The van der Waals surface area contributed by atoms with Gasteiger partial charge in [0.05, 0.1) is 0 Å². The van der Waals surface area contributed by atoms with Crippen LogP contribution < -0.4 is 4.90 Å². The van der Waals surface area contributed by atoms with Crippen LogP contribution in [0.1, 0.15) is 47.1 Å². The molecule has 1 saturated heterocycles. The molecule has 1 aliphatic heterocycles. The molecule has 1 aromatic carbocycles. The number of hydrogen-bond acceptors (Lipinski definition) is 4. The first-order valence-corrected chi connectivity index (χ1v) is 10.0. The lowest BCUT2D eigenvalue weighted by molar-refractivity contribution is 0.498. The van der Waals surface area contributed by atoms with E-state index >= 15 is 0 Å². The Morgan fingerprint density at radius 1 is 0.852 bits per heavy atom. The Hall–Kier alpha value is -2.75. The molecule has 3 aliphatic rings. The molecule has 0 amide bonds. The number of anilines is 1. The van der Waals surface area contributed by atoms with Crippen LogP contribution in [0.2, 0.25) is 0 Å². The highest BCUT2D eigenvalue weighted by molar-refractivity contribution is 5.60. The number of benzene rings is 1. The Kier molecular flexibility index (Phi) is 3.34. The van der Waals surface area contributed by atoms with Gasteiger partial charge in [-0.3, -0.25) is 4.98 Å². The van der Waals surface area contributed by atoms with Crippen molar-refractivity contribution in [3.05, 3.63) is 71.0 Å². The molecule has 4 heteroatoms. The van der Waals surface area contributed by atoms with E-state index < -0.39 is 0 Å². The third-order valence-electron chi connectivity index (χ3n) is 6.43. The van der Waals surface area contributed by atoms with E-state index in [0.717, 1.165) is 37.4 Å². The summed E-state index contributed by atoms with van der Waals surface area (Å²) in [7, 11) is 0. The Bertz CT molecular complexity index is 983. The molecule has 6 rings (SSSR count). The standard InChI is InChI=1S/C23H22N4/c1-2-7-18-16-12-15(17(18)6-1)13-27(14-16)23-19-8-5-10-20(19)25-22(26-23)21-9-3-4-11-24-21/h1-4,6-7,9,11,15-16H,5,8,10,12-14H2. The Balaban J connectivity index is 1.43. The van der Waals surface area contributed by atoms with Gasteiger partial charge in [0.15, 0.2) is 5.82 Å². The normalized spacial score (nSPS) is 22.6. The van der Waals surface area contributed by atoms with Gasteiger partial charge in [-0.15, -0.1) is 0 Å². The third-order valence-corrected chi connectivity index (χ3v) is 6.43. The first-order chi connectivity index (χ1) is 13.4. The summed E-state index contributed by atoms with van der Waals surface area (Å²) in [4.78, 5) is 17.0. The molecule has 0 N–H and O–H groups in total. The van der Waals surface area contributed by atoms with E-state index in [1.807, 2.05) is 24.4 Å². The van der Waals surface area contributed by atoms with Gasteiger partial charge in [0, 0.05) is 42.4 Å². The average molecular weight is 354 g/mol. The second-order valence-electron chi connectivity index (χ2n) is 8.03. The Morgan fingerprint density at radius 3 is 2.37 bits per heavy atom. The highest BCUT2D eigenvalue weighted by atomic mass is 15.2. The van der Waals surface area contributed by atoms with Crippen LogP contribution in [0.25, 0.3) is 11.5 Å². The van der Waals surface area contributed by atoms with Gasteiger partial charge >= 0.3 is 0 Å². The predicted molar refractivity (Wildman–Crippen MR) is 106 cm³/mol. The number of fused-ring (bicyclic) bond motifs is 6. The highest BCUT2D eigenvalue weighted by Gasteiger charge is 2.39. The molecule has 27 heavy (non-hydrogen) atoms. The molecule has 2 bridgehead atoms. The van der Waals surface area contributed by atoms with E-state index in [4.69, 9.17) is 9.97 Å². The maximum absolute atomic E-state index is 5.05. The molecule has 2 unspecified atom stereocenters. The van der Waals surface area contributed by atoms with Crippen molar-refractivity contribution >= 4 is 5.82 Å². The molecule has 0 radical (unpaired) electrons. The van der Waals surface area contributed by atoms with Crippen LogP contribution in [0, 0.1) is 0 Å². The molecule has 1 fully saturated rings. The maximum Gasteiger partial charge on any atom is 0.180 e. The summed E-state index contributed by atoms with van der Waals surface area (Å²) >= 11 is 0. The van der Waals surface area contributed by atoms with Gasteiger partial charge in [-0.25, -0.2) is 9.97 Å². The van der Waals surface area contributed by atoms with Gasteiger partial charge in [0.1, 0.15) is 11.5 Å². The van der Waals surface area contributed by atoms with Crippen LogP contribution in [0.3, 0.4) is 0 Å². The van der Waals surface area contributed by atoms with Gasteiger partial charge in [0.25, 0.3) is 0 Å². The maximum atomic E-state index is 5.05. The number of aryl methyl sites for hydroxylation is 1. The molecule has 2 atom stereocenters. The summed E-state index contributed by atoms with van der Waals surface area (Å²) in [6.45, 7) is 2.14. The van der Waals surface area contributed by atoms with Crippen molar-refractivity contribution in [2.24, 2.45) is 0 Å². The lowest BCUT2D eigenvalue weighted by atomic mass is 9.95. The first-order valence-electron chi connectivity index (χ1n) is 10.0. The van der Waals surface area contributed by atoms with Gasteiger partial charge in [0.2, 0.25) is 0 Å². The van der Waals surface area contributed by atoms with Crippen LogP contribution in [0.5, 0.6) is 0 Å². The monoisotopic (exact) mass is 354 g/mol. The quantitative estimate of drug-likeness (QED) is 0.694. The van der Waals surface area contributed by atoms with Crippen LogP contribution in [0.4, 0.5) is 5.82 Å². The molecule has 2 aliphatic carbocycles. The zero-order valence-electron chi connectivity index (χ0n) is 15.3. The molecular formula is C23H22N4. The van der Waals surface area contributed by atoms with E-state index in [0.29, 0.717) is 11.8 Å². The van der Waals surface area contributed by atoms with E-state index in [1.54, 1.807) is 11.1 Å². The number of rotatable bonds is 2. The van der Waals surface area contributed by atoms with Gasteiger partial charge < -0.3 is 4.90 Å². The minimum Gasteiger partial charge on any atom is -0.355 e. The number of hydrogen-bond donors (Lipinski definition) is 0. The summed E-state index contributed by atoms with van der Waals surface area (Å²) in [6.07, 6.45) is 6.46. The lowest BCUT2D eigenvalue weighted by Gasteiger charge is -2.34. The fraction of sp³-hybridized carbons (Fsp3) is 0.348. The Morgan fingerprint density at radius 2 is 1.63 bits per heavy atom. The zero-order chi connectivity index (χ0) is 17.8. The summed E-state index contributed by atoms with van der Waals surface area (Å²) < 4.78 is 0. The van der Waals surface area contributed by atoms with E-state index in [-0.39, 0.29) is 0 Å². The largest absolute Gasteiger partial charge is 0.355 e. The summed E-state index contributed by atoms with van der Waals surface area (Å²) in [5, 5.41) is 0. The van der Waals surface area contributed by atoms with E-state index in [1.165, 1.54) is 29.9 Å². The molecule has 4 nitrogen and oxygen atoms in total. The zero-order valence-corrected chi connectivity index (χ0v) is 15.3. The number of pyridine rings is 1. The SMILES string of the molecule is c1ccc(-c2nc3c(c(N4CC5CC(C4)c4ccccc45)n2)CCC3)nc1. The third kappa shape index (κ3) is 2.39. The minimum atomic E-state index is 0.630. The minimum absolute atomic E-state index is 0.630. The molecular weight excluding hydrogens is 332 g/mol. The first kappa shape index (κ1) is 15.3. The van der Waals surface area contributed by atoms with Crippen molar-refractivity contribution in [2.75, 3.05) is 18.0 Å². The average Bonchev–Trinajstić information content (AvgIpc) is 3.31. The van der Waals surface area contributed by atoms with Gasteiger partial charge in [-0.2, -0.15) is 0 Å². The molecule has 2 aromatic heterocycles. The molecule has 134 valence electrons. The van der Waals surface area contributed by atoms with Crippen molar-refractivity contribution in [1.82, 2.24) is 15.0 Å². The summed E-state index contributed by atoms with van der Waals surface area (Å²) in [6, 6.07) is 15.0. The molecule has 3 aromatic rings. The van der Waals surface area contributed by atoms with Crippen molar-refractivity contribution in [3.63, 3.8) is 0 Å². The van der Waals surface area contributed by atoms with Gasteiger partial charge in [-0.1, -0.05) is 30.3 Å². The summed E-state index contributed by atoms with van der Waals surface area (Å²) in [5.41, 5.74) is 6.59. The lowest BCUT2D eigenvalue weighted by Crippen LogP contribution is -2.36. The van der Waals surface area contributed by atoms with Gasteiger partial charge in [-0.05, 0) is 48.9 Å². The van der Waals surface area contributed by atoms with Crippen molar-refractivity contribution in [2.45, 2.75) is 37.5 Å². The predicted octanol–water partition coefficient (Wildman–Crippen LogP) is 4.12. The molecule has 0 saturated carbocycles. The van der Waals surface area contributed by atoms with Crippen molar-refractivity contribution < 1.29 is 0 Å². The number of nitrogens with zero attached hydrogens (tertiary/aromatic N) is 4. The highest BCUT2D eigenvalue weighted by Crippen LogP contribution is 2.47. The second kappa shape index (κ2) is 5.88. The second-order valence-corrected chi connectivity index (χ2v) is 8.03. The Labute approximate surface area is 159 Å². The van der Waals surface area contributed by atoms with E-state index in [2.05, 4.69) is 34.1 Å². The van der Waals surface area contributed by atoms with Crippen LogP contribution in [0.15, 0.2) is 48.7 Å². The number of piperidine rings is 1. The smallest absolute Gasteiger partial charge is 0.180 e. The van der Waals surface area contributed by atoms with Crippen molar-refractivity contribution in [1.29, 1.82) is 0 Å². The fourth-order valence-corrected chi connectivity index (χ4v) is 5.26. The number of aromatic nitrogens is 3. The van der Waals surface area contributed by atoms with Crippen LogP contribution >= 0.6 is 0 Å². The van der Waals surface area contributed by atoms with Crippen LogP contribution in [-0.2, 0) is 12.8 Å².